The van der Waals surface area contributed by atoms with E-state index in [0.29, 0.717) is 6.42 Å². The molecule has 0 radical (unpaired) electrons. The fourth-order valence-electron chi connectivity index (χ4n) is 2.42. The number of aromatic nitrogens is 2. The van der Waals surface area contributed by atoms with Crippen LogP contribution in [0.3, 0.4) is 0 Å². The Morgan fingerprint density at radius 2 is 2.11 bits per heavy atom. The lowest BCUT2D eigenvalue weighted by Crippen LogP contribution is -2.19. The molecular weight excluding hydrogens is 228 g/mol. The van der Waals surface area contributed by atoms with E-state index in [1.807, 2.05) is 49.1 Å². The van der Waals surface area contributed by atoms with Gasteiger partial charge in [-0.15, -0.1) is 0 Å². The van der Waals surface area contributed by atoms with Crippen molar-refractivity contribution in [2.75, 3.05) is 0 Å². The predicted octanol–water partition coefficient (Wildman–Crippen LogP) is 2.29. The van der Waals surface area contributed by atoms with Crippen molar-refractivity contribution in [2.45, 2.75) is 25.6 Å². The van der Waals surface area contributed by atoms with Crippen molar-refractivity contribution >= 4 is 0 Å². The van der Waals surface area contributed by atoms with E-state index in [9.17, 15) is 5.11 Å². The second kappa shape index (κ2) is 4.14. The number of aryl methyl sites for hydroxylation is 1. The van der Waals surface area contributed by atoms with Gasteiger partial charge in [-0.1, -0.05) is 18.2 Å². The van der Waals surface area contributed by atoms with Crippen LogP contribution < -0.4 is 4.74 Å². The zero-order valence-electron chi connectivity index (χ0n) is 10.5. The molecule has 3 rings (SSSR count). The lowest BCUT2D eigenvalue weighted by atomic mass is 9.95. The molecule has 0 saturated heterocycles. The molecule has 0 fully saturated rings. The number of hydrogen-bond acceptors (Lipinski definition) is 3. The van der Waals surface area contributed by atoms with Gasteiger partial charge in [-0.05, 0) is 13.0 Å². The molecule has 1 aliphatic heterocycles. The van der Waals surface area contributed by atoms with E-state index < -0.39 is 6.10 Å². The Balaban J connectivity index is 1.97. The fraction of sp³-hybridized carbons (Fsp3) is 0.357. The molecule has 0 spiro atoms. The summed E-state index contributed by atoms with van der Waals surface area (Å²) >= 11 is 0. The Morgan fingerprint density at radius 3 is 2.83 bits per heavy atom. The maximum absolute atomic E-state index is 10.2. The van der Waals surface area contributed by atoms with Gasteiger partial charge in [0.25, 0.3) is 0 Å². The zero-order chi connectivity index (χ0) is 12.7. The molecule has 2 heterocycles. The van der Waals surface area contributed by atoms with Crippen molar-refractivity contribution in [3.05, 3.63) is 47.3 Å². The number of para-hydroxylation sites is 1. The van der Waals surface area contributed by atoms with Gasteiger partial charge in [0, 0.05) is 30.3 Å². The molecule has 94 valence electrons. The smallest absolute Gasteiger partial charge is 0.130 e. The van der Waals surface area contributed by atoms with Gasteiger partial charge in [0.15, 0.2) is 0 Å². The molecule has 4 nitrogen and oxygen atoms in total. The average Bonchev–Trinajstić information content (AvgIpc) is 2.70. The van der Waals surface area contributed by atoms with E-state index in [1.165, 1.54) is 0 Å². The highest BCUT2D eigenvalue weighted by Gasteiger charge is 2.29. The number of aliphatic hydroxyl groups is 1. The van der Waals surface area contributed by atoms with Gasteiger partial charge in [0.1, 0.15) is 11.9 Å². The van der Waals surface area contributed by atoms with Crippen LogP contribution in [0.4, 0.5) is 0 Å². The number of benzene rings is 1. The Morgan fingerprint density at radius 1 is 1.33 bits per heavy atom. The number of nitrogens with zero attached hydrogens (tertiary/aromatic N) is 2. The van der Waals surface area contributed by atoms with Crippen LogP contribution in [0.15, 0.2) is 30.5 Å². The van der Waals surface area contributed by atoms with Crippen LogP contribution in [-0.2, 0) is 7.05 Å². The molecule has 0 amide bonds. The Kier molecular flexibility index (Phi) is 2.59. The first-order valence-corrected chi connectivity index (χ1v) is 6.09. The molecule has 0 bridgehead atoms. The van der Waals surface area contributed by atoms with Gasteiger partial charge in [-0.3, -0.25) is 4.68 Å². The van der Waals surface area contributed by atoms with E-state index in [1.54, 1.807) is 0 Å². The van der Waals surface area contributed by atoms with Crippen LogP contribution in [0.1, 0.15) is 35.4 Å². The first-order valence-electron chi connectivity index (χ1n) is 6.09. The van der Waals surface area contributed by atoms with Crippen LogP contribution >= 0.6 is 0 Å². The van der Waals surface area contributed by atoms with Crippen LogP contribution in [-0.4, -0.2) is 14.9 Å². The monoisotopic (exact) mass is 244 g/mol. The fourth-order valence-corrected chi connectivity index (χ4v) is 2.42. The topological polar surface area (TPSA) is 47.3 Å². The summed E-state index contributed by atoms with van der Waals surface area (Å²) < 4.78 is 7.79. The third-order valence-electron chi connectivity index (χ3n) is 3.60. The molecule has 2 atom stereocenters. The molecule has 1 aliphatic rings. The minimum absolute atomic E-state index is 0.122. The molecule has 0 aliphatic carbocycles. The standard InChI is InChI=1S/C14H16N2O2/c1-9-11(8-15-16(9)2)14-7-12(17)10-5-3-4-6-13(10)18-14/h3-6,8,12,14,17H,7H2,1-2H3/t12-,14?/m1/s1. The molecule has 2 aromatic rings. The highest BCUT2D eigenvalue weighted by Crippen LogP contribution is 2.40. The first kappa shape index (κ1) is 11.3. The van der Waals surface area contributed by atoms with Gasteiger partial charge >= 0.3 is 0 Å². The third kappa shape index (κ3) is 1.69. The van der Waals surface area contributed by atoms with Crippen LogP contribution in [0.2, 0.25) is 0 Å². The molecule has 18 heavy (non-hydrogen) atoms. The number of ether oxygens (including phenoxy) is 1. The normalized spacial score (nSPS) is 22.4. The largest absolute Gasteiger partial charge is 0.485 e. The predicted molar refractivity (Wildman–Crippen MR) is 67.3 cm³/mol. The van der Waals surface area contributed by atoms with Gasteiger partial charge in [0.05, 0.1) is 12.3 Å². The van der Waals surface area contributed by atoms with Crippen LogP contribution in [0, 0.1) is 6.92 Å². The van der Waals surface area contributed by atoms with Gasteiger partial charge in [-0.25, -0.2) is 0 Å². The van der Waals surface area contributed by atoms with Crippen molar-refractivity contribution in [3.63, 3.8) is 0 Å². The number of rotatable bonds is 1. The summed E-state index contributed by atoms with van der Waals surface area (Å²) in [6, 6.07) is 7.65. The minimum Gasteiger partial charge on any atom is -0.485 e. The van der Waals surface area contributed by atoms with E-state index in [4.69, 9.17) is 4.74 Å². The van der Waals surface area contributed by atoms with E-state index in [0.717, 1.165) is 22.6 Å². The summed E-state index contributed by atoms with van der Waals surface area (Å²) in [6.07, 6.45) is 1.80. The van der Waals surface area contributed by atoms with Crippen LogP contribution in [0.5, 0.6) is 5.75 Å². The molecule has 0 saturated carbocycles. The Labute approximate surface area is 106 Å². The molecule has 1 aromatic heterocycles. The maximum Gasteiger partial charge on any atom is 0.130 e. The minimum atomic E-state index is -0.473. The van der Waals surface area contributed by atoms with Crippen molar-refractivity contribution in [1.82, 2.24) is 9.78 Å². The van der Waals surface area contributed by atoms with Gasteiger partial charge in [-0.2, -0.15) is 5.10 Å². The summed E-state index contributed by atoms with van der Waals surface area (Å²) in [5, 5.41) is 14.4. The summed E-state index contributed by atoms with van der Waals surface area (Å²) in [4.78, 5) is 0. The lowest BCUT2D eigenvalue weighted by Gasteiger charge is -2.29. The lowest BCUT2D eigenvalue weighted by molar-refractivity contribution is 0.0654. The molecule has 1 N–H and O–H groups in total. The number of aliphatic hydroxyl groups excluding tert-OH is 1. The summed E-state index contributed by atoms with van der Waals surface area (Å²) in [5.74, 6) is 0.768. The Bertz CT molecular complexity index is 577. The van der Waals surface area contributed by atoms with E-state index in [-0.39, 0.29) is 6.10 Å². The van der Waals surface area contributed by atoms with Crippen molar-refractivity contribution in [3.8, 4) is 5.75 Å². The van der Waals surface area contributed by atoms with Crippen molar-refractivity contribution in [1.29, 1.82) is 0 Å². The van der Waals surface area contributed by atoms with E-state index >= 15 is 0 Å². The van der Waals surface area contributed by atoms with Crippen LogP contribution in [0.25, 0.3) is 0 Å². The van der Waals surface area contributed by atoms with Gasteiger partial charge < -0.3 is 9.84 Å². The average molecular weight is 244 g/mol. The quantitative estimate of drug-likeness (QED) is 0.837. The van der Waals surface area contributed by atoms with Gasteiger partial charge in [0.2, 0.25) is 0 Å². The molecular formula is C14H16N2O2. The molecule has 1 unspecified atom stereocenters. The first-order chi connectivity index (χ1) is 8.66. The molecule has 1 aromatic carbocycles. The van der Waals surface area contributed by atoms with Crippen molar-refractivity contribution in [2.24, 2.45) is 7.05 Å². The third-order valence-corrected chi connectivity index (χ3v) is 3.60. The summed E-state index contributed by atoms with van der Waals surface area (Å²) in [6.45, 7) is 2.01. The van der Waals surface area contributed by atoms with Crippen molar-refractivity contribution < 1.29 is 9.84 Å². The number of hydrogen-bond donors (Lipinski definition) is 1. The molecule has 4 heteroatoms. The maximum atomic E-state index is 10.2. The highest BCUT2D eigenvalue weighted by molar-refractivity contribution is 5.38. The number of fused-ring (bicyclic) bond motifs is 1. The summed E-state index contributed by atoms with van der Waals surface area (Å²) in [5.41, 5.74) is 2.99. The van der Waals surface area contributed by atoms with E-state index in [2.05, 4.69) is 5.10 Å². The zero-order valence-corrected chi connectivity index (χ0v) is 10.5. The highest BCUT2D eigenvalue weighted by atomic mass is 16.5. The SMILES string of the molecule is Cc1c(C2C[C@@H](O)c3ccccc3O2)cnn1C. The second-order valence-corrected chi connectivity index (χ2v) is 4.70. The Hall–Kier alpha value is -1.81. The second-order valence-electron chi connectivity index (χ2n) is 4.70. The summed E-state index contributed by atoms with van der Waals surface area (Å²) in [7, 11) is 1.91.